The van der Waals surface area contributed by atoms with Crippen molar-refractivity contribution in [3.63, 3.8) is 0 Å². The molecule has 6 rings (SSSR count). The monoisotopic (exact) mass is 707 g/mol. The normalized spacial score (nSPS) is 17.0. The highest BCUT2D eigenvalue weighted by molar-refractivity contribution is 7.89. The van der Waals surface area contributed by atoms with Gasteiger partial charge in [0, 0.05) is 30.1 Å². The first-order valence-corrected chi connectivity index (χ1v) is 18.5. The van der Waals surface area contributed by atoms with Gasteiger partial charge in [-0.1, -0.05) is 60.1 Å². The molecule has 0 spiro atoms. The number of thiophene rings is 1. The van der Waals surface area contributed by atoms with Crippen molar-refractivity contribution in [2.75, 3.05) is 6.54 Å². The highest BCUT2D eigenvalue weighted by Gasteiger charge is 2.43. The smallest absolute Gasteiger partial charge is 0.312 e. The van der Waals surface area contributed by atoms with Crippen LogP contribution < -0.4 is 4.74 Å². The standard InChI is InChI=1S/C35H38ClN5O5S2/c1-6-25-20-40(48(43,44)30-18-37-16-15-28(30)46-25)19-24-17-29(47-33(24)36)31(26-13-14-27-32(22(26)3)38-39-41(27)7-2)35(4,5)34(42)45-21-23-11-9-8-10-12-23/h8-18,25,31H,6-7,19-21H2,1-5H3/t25-,31-/m1/s1. The van der Waals surface area contributed by atoms with Gasteiger partial charge in [0.2, 0.25) is 10.0 Å². The topological polar surface area (TPSA) is 117 Å². The summed E-state index contributed by atoms with van der Waals surface area (Å²) in [5, 5.41) is 8.79. The Bertz CT molecular complexity index is 2060. The number of fused-ring (bicyclic) bond motifs is 2. The highest BCUT2D eigenvalue weighted by Crippen LogP contribution is 2.48. The third kappa shape index (κ3) is 6.34. The summed E-state index contributed by atoms with van der Waals surface area (Å²) in [6, 6.07) is 17.1. The van der Waals surface area contributed by atoms with E-state index in [0.717, 1.165) is 32.6 Å². The van der Waals surface area contributed by atoms with Crippen LogP contribution in [0.3, 0.4) is 0 Å². The van der Waals surface area contributed by atoms with Crippen LogP contribution >= 0.6 is 22.9 Å². The lowest BCUT2D eigenvalue weighted by Gasteiger charge is -2.33. The SMILES string of the molecule is CC[C@@H]1CN(Cc2cc([C@@H](c3ccc4c(nnn4CC)c3C)C(C)(C)C(=O)OCc3ccccc3)sc2Cl)S(=O)(=O)c2cnccc2O1. The lowest BCUT2D eigenvalue weighted by molar-refractivity contribution is -0.156. The molecule has 0 radical (unpaired) electrons. The van der Waals surface area contributed by atoms with Gasteiger partial charge in [-0.25, -0.2) is 13.1 Å². The van der Waals surface area contributed by atoms with Gasteiger partial charge in [0.1, 0.15) is 28.9 Å². The quantitative estimate of drug-likeness (QED) is 0.141. The number of hydrogen-bond acceptors (Lipinski definition) is 9. The number of aromatic nitrogens is 4. The van der Waals surface area contributed by atoms with E-state index in [1.807, 2.05) is 87.8 Å². The summed E-state index contributed by atoms with van der Waals surface area (Å²) in [6.07, 6.45) is 3.11. The second-order valence-electron chi connectivity index (χ2n) is 12.5. The van der Waals surface area contributed by atoms with Gasteiger partial charge in [0.25, 0.3) is 0 Å². The van der Waals surface area contributed by atoms with Gasteiger partial charge in [-0.3, -0.25) is 9.78 Å². The molecule has 5 aromatic rings. The van der Waals surface area contributed by atoms with E-state index in [-0.39, 0.29) is 42.4 Å². The predicted octanol–water partition coefficient (Wildman–Crippen LogP) is 7.13. The number of halogens is 1. The lowest BCUT2D eigenvalue weighted by atomic mass is 9.72. The number of nitrogens with zero attached hydrogens (tertiary/aromatic N) is 5. The molecule has 0 bridgehead atoms. The second kappa shape index (κ2) is 13.6. The number of pyridine rings is 1. The molecule has 1 aliphatic heterocycles. The number of carbonyl (C=O) groups excluding carboxylic acids is 1. The number of hydrogen-bond donors (Lipinski definition) is 0. The molecule has 2 atom stereocenters. The molecule has 13 heteroatoms. The molecule has 0 fully saturated rings. The third-order valence-corrected chi connectivity index (χ3v) is 12.3. The summed E-state index contributed by atoms with van der Waals surface area (Å²) in [7, 11) is -3.95. The van der Waals surface area contributed by atoms with Gasteiger partial charge in [-0.05, 0) is 74.6 Å². The van der Waals surface area contributed by atoms with Crippen LogP contribution in [-0.2, 0) is 39.3 Å². The van der Waals surface area contributed by atoms with Crippen LogP contribution in [-0.4, -0.2) is 51.3 Å². The van der Waals surface area contributed by atoms with E-state index < -0.39 is 21.4 Å². The van der Waals surface area contributed by atoms with Crippen molar-refractivity contribution in [2.45, 2.75) is 77.7 Å². The Morgan fingerprint density at radius 3 is 2.67 bits per heavy atom. The summed E-state index contributed by atoms with van der Waals surface area (Å²) in [4.78, 5) is 18.9. The molecule has 0 amide bonds. The van der Waals surface area contributed by atoms with E-state index in [0.29, 0.717) is 22.9 Å². The van der Waals surface area contributed by atoms with Gasteiger partial charge in [-0.15, -0.1) is 16.4 Å². The number of rotatable bonds is 10. The van der Waals surface area contributed by atoms with Gasteiger partial charge in [-0.2, -0.15) is 4.31 Å². The summed E-state index contributed by atoms with van der Waals surface area (Å²) in [6.45, 7) is 10.7. The van der Waals surface area contributed by atoms with Gasteiger partial charge < -0.3 is 9.47 Å². The predicted molar refractivity (Wildman–Crippen MR) is 186 cm³/mol. The molecule has 4 heterocycles. The maximum absolute atomic E-state index is 14.0. The molecule has 0 aliphatic carbocycles. The Hall–Kier alpha value is -3.84. The average Bonchev–Trinajstić information content (AvgIpc) is 3.64. The van der Waals surface area contributed by atoms with E-state index in [1.165, 1.54) is 28.0 Å². The molecule has 0 N–H and O–H groups in total. The summed E-state index contributed by atoms with van der Waals surface area (Å²) >= 11 is 8.28. The Morgan fingerprint density at radius 1 is 1.17 bits per heavy atom. The number of sulfonamides is 1. The fraction of sp³-hybridized carbons (Fsp3) is 0.371. The zero-order valence-electron chi connectivity index (χ0n) is 27.5. The van der Waals surface area contributed by atoms with Crippen molar-refractivity contribution in [2.24, 2.45) is 5.41 Å². The zero-order chi connectivity index (χ0) is 34.2. The summed E-state index contributed by atoms with van der Waals surface area (Å²) in [5.41, 5.74) is 3.91. The molecule has 252 valence electrons. The molecule has 0 saturated heterocycles. The van der Waals surface area contributed by atoms with Crippen LogP contribution in [0.5, 0.6) is 5.75 Å². The molecule has 3 aromatic heterocycles. The van der Waals surface area contributed by atoms with E-state index >= 15 is 0 Å². The number of carbonyl (C=O) groups is 1. The lowest BCUT2D eigenvalue weighted by Crippen LogP contribution is -2.36. The summed E-state index contributed by atoms with van der Waals surface area (Å²) in [5.74, 6) is -0.579. The summed E-state index contributed by atoms with van der Waals surface area (Å²) < 4.78 is 43.4. The van der Waals surface area contributed by atoms with Crippen molar-refractivity contribution in [1.29, 1.82) is 0 Å². The molecule has 1 aliphatic rings. The van der Waals surface area contributed by atoms with Gasteiger partial charge in [0.15, 0.2) is 0 Å². The van der Waals surface area contributed by atoms with Crippen molar-refractivity contribution < 1.29 is 22.7 Å². The number of benzene rings is 2. The molecule has 10 nitrogen and oxygen atoms in total. The van der Waals surface area contributed by atoms with Crippen LogP contribution in [0.1, 0.15) is 67.2 Å². The van der Waals surface area contributed by atoms with Crippen LogP contribution in [0.25, 0.3) is 11.0 Å². The molecule has 2 aromatic carbocycles. The molecule has 48 heavy (non-hydrogen) atoms. The van der Waals surface area contributed by atoms with Crippen LogP contribution in [0, 0.1) is 12.3 Å². The fourth-order valence-corrected chi connectivity index (χ4v) is 9.32. The Labute approximate surface area is 289 Å². The van der Waals surface area contributed by atoms with Crippen LogP contribution in [0.4, 0.5) is 0 Å². The first kappa shape index (κ1) is 34.0. The Morgan fingerprint density at radius 2 is 1.94 bits per heavy atom. The van der Waals surface area contributed by atoms with E-state index in [2.05, 4.69) is 15.3 Å². The number of aryl methyl sites for hydroxylation is 2. The van der Waals surface area contributed by atoms with E-state index in [1.54, 1.807) is 6.07 Å². The highest BCUT2D eigenvalue weighted by atomic mass is 35.5. The molecule has 0 unspecified atom stereocenters. The van der Waals surface area contributed by atoms with Crippen molar-refractivity contribution in [3.05, 3.63) is 98.5 Å². The Kier molecular flexibility index (Phi) is 9.63. The molecule has 0 saturated carbocycles. The average molecular weight is 708 g/mol. The maximum atomic E-state index is 14.0. The van der Waals surface area contributed by atoms with E-state index in [9.17, 15) is 13.2 Å². The molecular formula is C35H38ClN5O5S2. The minimum Gasteiger partial charge on any atom is -0.488 e. The maximum Gasteiger partial charge on any atom is 0.312 e. The van der Waals surface area contributed by atoms with Crippen molar-refractivity contribution >= 4 is 50.0 Å². The van der Waals surface area contributed by atoms with E-state index in [4.69, 9.17) is 21.1 Å². The second-order valence-corrected chi connectivity index (χ2v) is 16.1. The third-order valence-electron chi connectivity index (χ3n) is 8.98. The fourth-order valence-electron chi connectivity index (χ4n) is 6.22. The first-order chi connectivity index (χ1) is 22.9. The zero-order valence-corrected chi connectivity index (χ0v) is 29.9. The largest absolute Gasteiger partial charge is 0.488 e. The Balaban J connectivity index is 1.41. The van der Waals surface area contributed by atoms with Crippen LogP contribution in [0.2, 0.25) is 4.34 Å². The number of ether oxygens (including phenoxy) is 2. The first-order valence-electron chi connectivity index (χ1n) is 15.9. The minimum atomic E-state index is -3.95. The van der Waals surface area contributed by atoms with Crippen LogP contribution in [0.15, 0.2) is 71.9 Å². The minimum absolute atomic E-state index is 0.0248. The number of esters is 1. The van der Waals surface area contributed by atoms with Crippen molar-refractivity contribution in [3.8, 4) is 5.75 Å². The van der Waals surface area contributed by atoms with Gasteiger partial charge in [0.05, 0.1) is 28.0 Å². The van der Waals surface area contributed by atoms with Crippen molar-refractivity contribution in [1.82, 2.24) is 24.3 Å². The molecular weight excluding hydrogens is 670 g/mol. The van der Waals surface area contributed by atoms with Gasteiger partial charge >= 0.3 is 5.97 Å².